The molecule has 0 aliphatic heterocycles. The predicted octanol–water partition coefficient (Wildman–Crippen LogP) is 3.28. The molecule has 0 aliphatic carbocycles. The van der Waals surface area contributed by atoms with Crippen LogP contribution in [0.25, 0.3) is 0 Å². The Hall–Kier alpha value is -1.06. The van der Waals surface area contributed by atoms with Crippen LogP contribution in [-0.4, -0.2) is 4.98 Å². The fourth-order valence-corrected chi connectivity index (χ4v) is 2.32. The Labute approximate surface area is 97.7 Å². The average molecular weight is 239 g/mol. The van der Waals surface area contributed by atoms with Crippen LogP contribution in [0, 0.1) is 6.92 Å². The van der Waals surface area contributed by atoms with Crippen molar-refractivity contribution in [2.24, 2.45) is 0 Å². The molecule has 4 heteroatoms. The summed E-state index contributed by atoms with van der Waals surface area (Å²) in [7, 11) is 0. The predicted molar refractivity (Wildman–Crippen MR) is 65.5 cm³/mol. The molecule has 0 saturated carbocycles. The zero-order chi connectivity index (χ0) is 10.8. The molecule has 0 radical (unpaired) electrons. The number of nitrogens with two attached hydrogens (primary N) is 1. The van der Waals surface area contributed by atoms with Crippen LogP contribution in [0.2, 0.25) is 5.02 Å². The summed E-state index contributed by atoms with van der Waals surface area (Å²) in [4.78, 5) is 5.16. The Bertz CT molecular complexity index is 479. The highest BCUT2D eigenvalue weighted by Gasteiger charge is 2.04. The molecule has 0 bridgehead atoms. The normalized spacial score (nSPS) is 10.5. The second kappa shape index (κ2) is 4.21. The van der Waals surface area contributed by atoms with Crippen molar-refractivity contribution < 1.29 is 0 Å². The van der Waals surface area contributed by atoms with E-state index in [2.05, 4.69) is 18.0 Å². The number of rotatable bonds is 2. The molecule has 2 aromatic rings. The minimum atomic E-state index is 0.605. The van der Waals surface area contributed by atoms with Gasteiger partial charge in [-0.15, -0.1) is 11.3 Å². The molecule has 0 fully saturated rings. The van der Waals surface area contributed by atoms with Gasteiger partial charge in [-0.3, -0.25) is 0 Å². The van der Waals surface area contributed by atoms with Crippen molar-refractivity contribution in [3.63, 3.8) is 0 Å². The van der Waals surface area contributed by atoms with Gasteiger partial charge in [-0.1, -0.05) is 29.3 Å². The third kappa shape index (κ3) is 2.49. The molecule has 0 saturated heterocycles. The Morgan fingerprint density at radius 3 is 2.93 bits per heavy atom. The van der Waals surface area contributed by atoms with Crippen LogP contribution in [-0.2, 0) is 6.42 Å². The molecule has 0 unspecified atom stereocenters. The van der Waals surface area contributed by atoms with Crippen molar-refractivity contribution in [1.29, 1.82) is 0 Å². The fourth-order valence-electron chi connectivity index (χ4n) is 1.43. The molecule has 0 atom stereocenters. The quantitative estimate of drug-likeness (QED) is 0.872. The van der Waals surface area contributed by atoms with Crippen molar-refractivity contribution in [3.05, 3.63) is 45.4 Å². The summed E-state index contributed by atoms with van der Waals surface area (Å²) in [6, 6.07) is 6.03. The van der Waals surface area contributed by atoms with E-state index < -0.39 is 0 Å². The van der Waals surface area contributed by atoms with E-state index in [1.807, 2.05) is 12.1 Å². The Balaban J connectivity index is 2.27. The molecule has 1 aromatic carbocycles. The van der Waals surface area contributed by atoms with Gasteiger partial charge in [0.1, 0.15) is 0 Å². The lowest BCUT2D eigenvalue weighted by atomic mass is 10.1. The summed E-state index contributed by atoms with van der Waals surface area (Å²) < 4.78 is 0. The van der Waals surface area contributed by atoms with Gasteiger partial charge in [0.05, 0.1) is 0 Å². The number of aryl methyl sites for hydroxylation is 1. The van der Waals surface area contributed by atoms with Crippen molar-refractivity contribution in [3.8, 4) is 0 Å². The first-order chi connectivity index (χ1) is 7.15. The number of hydrogen-bond donors (Lipinski definition) is 1. The van der Waals surface area contributed by atoms with Gasteiger partial charge in [0.25, 0.3) is 0 Å². The minimum Gasteiger partial charge on any atom is -0.375 e. The lowest BCUT2D eigenvalue weighted by Gasteiger charge is -2.03. The minimum absolute atomic E-state index is 0.605. The van der Waals surface area contributed by atoms with Crippen LogP contribution >= 0.6 is 22.9 Å². The van der Waals surface area contributed by atoms with Crippen molar-refractivity contribution in [2.45, 2.75) is 13.3 Å². The van der Waals surface area contributed by atoms with Crippen LogP contribution in [0.1, 0.15) is 16.0 Å². The largest absolute Gasteiger partial charge is 0.375 e. The zero-order valence-corrected chi connectivity index (χ0v) is 9.90. The molecule has 78 valence electrons. The van der Waals surface area contributed by atoms with Crippen molar-refractivity contribution >= 4 is 28.1 Å². The van der Waals surface area contributed by atoms with Crippen molar-refractivity contribution in [1.82, 2.24) is 4.98 Å². The van der Waals surface area contributed by atoms with Crippen LogP contribution in [0.5, 0.6) is 0 Å². The Kier molecular flexibility index (Phi) is 2.93. The zero-order valence-electron chi connectivity index (χ0n) is 8.33. The van der Waals surface area contributed by atoms with Gasteiger partial charge in [-0.25, -0.2) is 4.98 Å². The summed E-state index contributed by atoms with van der Waals surface area (Å²) >= 11 is 7.61. The lowest BCUT2D eigenvalue weighted by Crippen LogP contribution is -1.87. The highest BCUT2D eigenvalue weighted by Crippen LogP contribution is 2.24. The van der Waals surface area contributed by atoms with E-state index in [1.165, 1.54) is 16.9 Å². The number of nitrogens with zero attached hydrogens (tertiary/aromatic N) is 1. The first kappa shape index (κ1) is 10.5. The number of hydrogen-bond acceptors (Lipinski definition) is 3. The van der Waals surface area contributed by atoms with Gasteiger partial charge in [0.15, 0.2) is 5.13 Å². The van der Waals surface area contributed by atoms with E-state index in [1.54, 1.807) is 6.20 Å². The highest BCUT2D eigenvalue weighted by molar-refractivity contribution is 7.15. The number of thiazole rings is 1. The SMILES string of the molecule is Cc1ccc(Cl)c(Cc2cnc(N)s2)c1. The van der Waals surface area contributed by atoms with E-state index >= 15 is 0 Å². The molecule has 0 spiro atoms. The number of halogens is 1. The average Bonchev–Trinajstić information content (AvgIpc) is 2.58. The third-order valence-corrected chi connectivity index (χ3v) is 3.33. The summed E-state index contributed by atoms with van der Waals surface area (Å²) in [6.45, 7) is 2.06. The second-order valence-electron chi connectivity index (χ2n) is 3.44. The number of benzene rings is 1. The molecular formula is C11H11ClN2S. The summed E-state index contributed by atoms with van der Waals surface area (Å²) in [5, 5.41) is 1.40. The van der Waals surface area contributed by atoms with Gasteiger partial charge in [-0.2, -0.15) is 0 Å². The molecule has 15 heavy (non-hydrogen) atoms. The Morgan fingerprint density at radius 1 is 1.47 bits per heavy atom. The van der Waals surface area contributed by atoms with Gasteiger partial charge >= 0.3 is 0 Å². The van der Waals surface area contributed by atoms with Crippen LogP contribution < -0.4 is 5.73 Å². The summed E-state index contributed by atoms with van der Waals surface area (Å²) in [5.41, 5.74) is 7.91. The van der Waals surface area contributed by atoms with Gasteiger partial charge in [0, 0.05) is 22.5 Å². The van der Waals surface area contributed by atoms with E-state index in [-0.39, 0.29) is 0 Å². The number of nitrogen functional groups attached to an aromatic ring is 1. The van der Waals surface area contributed by atoms with Crippen LogP contribution in [0.15, 0.2) is 24.4 Å². The standard InChI is InChI=1S/C11H11ClN2S/c1-7-2-3-10(12)8(4-7)5-9-6-14-11(13)15-9/h2-4,6H,5H2,1H3,(H2,13,14). The lowest BCUT2D eigenvalue weighted by molar-refractivity contribution is 1.20. The van der Waals surface area contributed by atoms with E-state index in [9.17, 15) is 0 Å². The molecule has 0 amide bonds. The number of aromatic nitrogens is 1. The molecule has 2 rings (SSSR count). The highest BCUT2D eigenvalue weighted by atomic mass is 35.5. The fraction of sp³-hybridized carbons (Fsp3) is 0.182. The molecule has 1 aromatic heterocycles. The molecular weight excluding hydrogens is 228 g/mol. The maximum atomic E-state index is 6.11. The molecule has 2 N–H and O–H groups in total. The first-order valence-corrected chi connectivity index (χ1v) is 5.80. The molecule has 0 aliphatic rings. The maximum absolute atomic E-state index is 6.11. The maximum Gasteiger partial charge on any atom is 0.180 e. The van der Waals surface area contributed by atoms with Crippen molar-refractivity contribution in [2.75, 3.05) is 5.73 Å². The van der Waals surface area contributed by atoms with Gasteiger partial charge < -0.3 is 5.73 Å². The molecule has 2 nitrogen and oxygen atoms in total. The van der Waals surface area contributed by atoms with Crippen LogP contribution in [0.3, 0.4) is 0 Å². The summed E-state index contributed by atoms with van der Waals surface area (Å²) in [5.74, 6) is 0. The first-order valence-electron chi connectivity index (χ1n) is 4.60. The van der Waals surface area contributed by atoms with E-state index in [0.717, 1.165) is 21.9 Å². The number of anilines is 1. The van der Waals surface area contributed by atoms with Crippen LogP contribution in [0.4, 0.5) is 5.13 Å². The smallest absolute Gasteiger partial charge is 0.180 e. The summed E-state index contributed by atoms with van der Waals surface area (Å²) in [6.07, 6.45) is 2.61. The monoisotopic (exact) mass is 238 g/mol. The van der Waals surface area contributed by atoms with Gasteiger partial charge in [-0.05, 0) is 18.6 Å². The molecule has 1 heterocycles. The van der Waals surface area contributed by atoms with E-state index in [4.69, 9.17) is 17.3 Å². The topological polar surface area (TPSA) is 38.9 Å². The van der Waals surface area contributed by atoms with Gasteiger partial charge in [0.2, 0.25) is 0 Å². The Morgan fingerprint density at radius 2 is 2.27 bits per heavy atom. The second-order valence-corrected chi connectivity index (χ2v) is 4.99. The third-order valence-electron chi connectivity index (χ3n) is 2.14. The van der Waals surface area contributed by atoms with E-state index in [0.29, 0.717) is 5.13 Å².